The quantitative estimate of drug-likeness (QED) is 0.805. The number of carboxylic acid groups (broad SMARTS) is 1. The zero-order chi connectivity index (χ0) is 13.0. The van der Waals surface area contributed by atoms with Crippen molar-refractivity contribution in [2.75, 3.05) is 13.1 Å². The van der Waals surface area contributed by atoms with Crippen molar-refractivity contribution in [3.63, 3.8) is 0 Å². The second kappa shape index (κ2) is 6.01. The Bertz CT molecular complexity index is 413. The minimum Gasteiger partial charge on any atom is -0.478 e. The fraction of sp³-hybridized carbons (Fsp3) is 0.533. The third-order valence-electron chi connectivity index (χ3n) is 3.33. The molecule has 1 aromatic carbocycles. The van der Waals surface area contributed by atoms with E-state index >= 15 is 0 Å². The van der Waals surface area contributed by atoms with Crippen LogP contribution in [0.5, 0.6) is 0 Å². The SMILES string of the molecule is CCCN(Cc1cccc(C(=O)O)c1)CC1CC1. The van der Waals surface area contributed by atoms with E-state index in [4.69, 9.17) is 5.11 Å². The summed E-state index contributed by atoms with van der Waals surface area (Å²) in [6.45, 7) is 5.30. The molecule has 1 aliphatic carbocycles. The molecule has 1 aliphatic rings. The van der Waals surface area contributed by atoms with Gasteiger partial charge in [-0.1, -0.05) is 19.1 Å². The van der Waals surface area contributed by atoms with Gasteiger partial charge in [-0.25, -0.2) is 4.79 Å². The van der Waals surface area contributed by atoms with Crippen LogP contribution in [0.1, 0.15) is 42.1 Å². The Morgan fingerprint density at radius 3 is 2.83 bits per heavy atom. The number of nitrogens with zero attached hydrogens (tertiary/aromatic N) is 1. The molecule has 0 radical (unpaired) electrons. The highest BCUT2D eigenvalue weighted by Crippen LogP contribution is 2.30. The predicted molar refractivity (Wildman–Crippen MR) is 71.7 cm³/mol. The van der Waals surface area contributed by atoms with Crippen molar-refractivity contribution in [2.45, 2.75) is 32.7 Å². The lowest BCUT2D eigenvalue weighted by molar-refractivity contribution is 0.0696. The molecule has 0 amide bonds. The first-order valence-electron chi connectivity index (χ1n) is 6.73. The highest BCUT2D eigenvalue weighted by molar-refractivity contribution is 5.87. The topological polar surface area (TPSA) is 40.5 Å². The molecule has 3 nitrogen and oxygen atoms in total. The molecule has 0 saturated heterocycles. The van der Waals surface area contributed by atoms with E-state index in [0.717, 1.165) is 37.5 Å². The molecule has 18 heavy (non-hydrogen) atoms. The summed E-state index contributed by atoms with van der Waals surface area (Å²) >= 11 is 0. The Morgan fingerprint density at radius 2 is 2.22 bits per heavy atom. The van der Waals surface area contributed by atoms with Crippen molar-refractivity contribution in [3.05, 3.63) is 35.4 Å². The number of carbonyl (C=O) groups is 1. The van der Waals surface area contributed by atoms with Gasteiger partial charge in [-0.05, 0) is 49.4 Å². The normalized spacial score (nSPS) is 15.0. The molecular weight excluding hydrogens is 226 g/mol. The maximum atomic E-state index is 10.9. The lowest BCUT2D eigenvalue weighted by Gasteiger charge is -2.21. The van der Waals surface area contributed by atoms with Crippen LogP contribution in [-0.4, -0.2) is 29.1 Å². The van der Waals surface area contributed by atoms with E-state index < -0.39 is 5.97 Å². The van der Waals surface area contributed by atoms with E-state index in [1.807, 2.05) is 12.1 Å². The second-order valence-electron chi connectivity index (χ2n) is 5.18. The lowest BCUT2D eigenvalue weighted by Crippen LogP contribution is -2.26. The van der Waals surface area contributed by atoms with Crippen LogP contribution in [0.2, 0.25) is 0 Å². The Morgan fingerprint density at radius 1 is 1.44 bits per heavy atom. The van der Waals surface area contributed by atoms with Crippen LogP contribution in [-0.2, 0) is 6.54 Å². The van der Waals surface area contributed by atoms with Crippen LogP contribution in [0.25, 0.3) is 0 Å². The number of hydrogen-bond acceptors (Lipinski definition) is 2. The van der Waals surface area contributed by atoms with Crippen molar-refractivity contribution in [1.29, 1.82) is 0 Å². The Labute approximate surface area is 108 Å². The molecule has 0 unspecified atom stereocenters. The van der Waals surface area contributed by atoms with E-state index in [1.165, 1.54) is 12.8 Å². The smallest absolute Gasteiger partial charge is 0.335 e. The number of benzene rings is 1. The lowest BCUT2D eigenvalue weighted by atomic mass is 10.1. The fourth-order valence-corrected chi connectivity index (χ4v) is 2.28. The first-order chi connectivity index (χ1) is 8.69. The third kappa shape index (κ3) is 3.84. The third-order valence-corrected chi connectivity index (χ3v) is 3.33. The fourth-order valence-electron chi connectivity index (χ4n) is 2.28. The van der Waals surface area contributed by atoms with Gasteiger partial charge in [-0.2, -0.15) is 0 Å². The number of rotatable bonds is 7. The Kier molecular flexibility index (Phi) is 4.37. The van der Waals surface area contributed by atoms with E-state index in [2.05, 4.69) is 11.8 Å². The molecule has 2 rings (SSSR count). The first-order valence-corrected chi connectivity index (χ1v) is 6.73. The minimum atomic E-state index is -0.846. The van der Waals surface area contributed by atoms with Gasteiger partial charge in [0.15, 0.2) is 0 Å². The van der Waals surface area contributed by atoms with Gasteiger partial charge in [-0.3, -0.25) is 4.90 Å². The van der Waals surface area contributed by atoms with Gasteiger partial charge >= 0.3 is 5.97 Å². The molecule has 1 N–H and O–H groups in total. The zero-order valence-electron chi connectivity index (χ0n) is 10.9. The summed E-state index contributed by atoms with van der Waals surface area (Å²) < 4.78 is 0. The Balaban J connectivity index is 2.00. The predicted octanol–water partition coefficient (Wildman–Crippen LogP) is 3.01. The van der Waals surface area contributed by atoms with E-state index in [1.54, 1.807) is 12.1 Å². The molecule has 0 bridgehead atoms. The van der Waals surface area contributed by atoms with Gasteiger partial charge < -0.3 is 5.11 Å². The molecule has 0 aliphatic heterocycles. The summed E-state index contributed by atoms with van der Waals surface area (Å²) in [6, 6.07) is 7.29. The summed E-state index contributed by atoms with van der Waals surface area (Å²) in [5.74, 6) is 0.0280. The summed E-state index contributed by atoms with van der Waals surface area (Å²) in [5.41, 5.74) is 1.49. The molecule has 1 fully saturated rings. The summed E-state index contributed by atoms with van der Waals surface area (Å²) in [6.07, 6.45) is 3.86. The van der Waals surface area contributed by atoms with Crippen molar-refractivity contribution in [2.24, 2.45) is 5.92 Å². The number of carboxylic acids is 1. The standard InChI is InChI=1S/C15H21NO2/c1-2-8-16(10-12-6-7-12)11-13-4-3-5-14(9-13)15(17)18/h3-5,9,12H,2,6-8,10-11H2,1H3,(H,17,18). The van der Waals surface area contributed by atoms with Gasteiger partial charge in [0.05, 0.1) is 5.56 Å². The molecular formula is C15H21NO2. The van der Waals surface area contributed by atoms with E-state index in [-0.39, 0.29) is 0 Å². The molecule has 0 heterocycles. The molecule has 3 heteroatoms. The average molecular weight is 247 g/mol. The summed E-state index contributed by atoms with van der Waals surface area (Å²) in [5, 5.41) is 8.99. The molecule has 0 aromatic heterocycles. The average Bonchev–Trinajstić information content (AvgIpc) is 3.13. The van der Waals surface area contributed by atoms with Crippen molar-refractivity contribution < 1.29 is 9.90 Å². The van der Waals surface area contributed by atoms with Crippen LogP contribution in [0.15, 0.2) is 24.3 Å². The molecule has 0 spiro atoms. The Hall–Kier alpha value is -1.35. The molecule has 0 atom stereocenters. The van der Waals surface area contributed by atoms with Gasteiger partial charge in [-0.15, -0.1) is 0 Å². The van der Waals surface area contributed by atoms with Crippen molar-refractivity contribution in [3.8, 4) is 0 Å². The van der Waals surface area contributed by atoms with Gasteiger partial charge in [0.1, 0.15) is 0 Å². The van der Waals surface area contributed by atoms with Gasteiger partial charge in [0.25, 0.3) is 0 Å². The maximum Gasteiger partial charge on any atom is 0.335 e. The van der Waals surface area contributed by atoms with E-state index in [9.17, 15) is 4.79 Å². The highest BCUT2D eigenvalue weighted by atomic mass is 16.4. The van der Waals surface area contributed by atoms with Crippen molar-refractivity contribution >= 4 is 5.97 Å². The minimum absolute atomic E-state index is 0.385. The molecule has 1 saturated carbocycles. The zero-order valence-corrected chi connectivity index (χ0v) is 10.9. The largest absolute Gasteiger partial charge is 0.478 e. The van der Waals surface area contributed by atoms with Crippen molar-refractivity contribution in [1.82, 2.24) is 4.90 Å². The van der Waals surface area contributed by atoms with Crippen LogP contribution in [0.4, 0.5) is 0 Å². The summed E-state index contributed by atoms with van der Waals surface area (Å²) in [4.78, 5) is 13.4. The van der Waals surface area contributed by atoms with Gasteiger partial charge in [0.2, 0.25) is 0 Å². The van der Waals surface area contributed by atoms with Gasteiger partial charge in [0, 0.05) is 13.1 Å². The maximum absolute atomic E-state index is 10.9. The van der Waals surface area contributed by atoms with Crippen LogP contribution in [0.3, 0.4) is 0 Å². The van der Waals surface area contributed by atoms with Crippen LogP contribution >= 0.6 is 0 Å². The number of aromatic carboxylic acids is 1. The summed E-state index contributed by atoms with van der Waals surface area (Å²) in [7, 11) is 0. The van der Waals surface area contributed by atoms with Crippen LogP contribution < -0.4 is 0 Å². The first kappa shape index (κ1) is 13.1. The number of hydrogen-bond donors (Lipinski definition) is 1. The molecule has 1 aromatic rings. The monoisotopic (exact) mass is 247 g/mol. The van der Waals surface area contributed by atoms with E-state index in [0.29, 0.717) is 5.56 Å². The van der Waals surface area contributed by atoms with Crippen LogP contribution in [0, 0.1) is 5.92 Å². The second-order valence-corrected chi connectivity index (χ2v) is 5.18. The molecule has 98 valence electrons. The highest BCUT2D eigenvalue weighted by Gasteiger charge is 2.23.